The van der Waals surface area contributed by atoms with E-state index in [9.17, 15) is 0 Å². The first-order chi connectivity index (χ1) is 4.83. The van der Waals surface area contributed by atoms with Crippen molar-refractivity contribution in [2.75, 3.05) is 0 Å². The minimum Gasteiger partial charge on any atom is -0.0876 e. The smallest absolute Gasteiger partial charge is 0.00146 e. The van der Waals surface area contributed by atoms with E-state index < -0.39 is 0 Å². The van der Waals surface area contributed by atoms with E-state index in [2.05, 4.69) is 32.1 Å². The van der Waals surface area contributed by atoms with Gasteiger partial charge in [-0.15, -0.1) is 0 Å². The van der Waals surface area contributed by atoms with E-state index in [-0.39, 0.29) is 0 Å². The predicted molar refractivity (Wildman–Crippen MR) is 43.7 cm³/mol. The first kappa shape index (κ1) is 6.21. The van der Waals surface area contributed by atoms with Gasteiger partial charge in [0.15, 0.2) is 0 Å². The highest BCUT2D eigenvalue weighted by Gasteiger charge is 2.36. The Morgan fingerprint density at radius 1 is 1.50 bits per heavy atom. The van der Waals surface area contributed by atoms with Crippen LogP contribution < -0.4 is 0 Å². The molecule has 0 heterocycles. The summed E-state index contributed by atoms with van der Waals surface area (Å²) < 4.78 is 0. The molecule has 0 spiro atoms. The van der Waals surface area contributed by atoms with E-state index in [1.54, 1.807) is 5.57 Å². The van der Waals surface area contributed by atoms with Gasteiger partial charge in [0.25, 0.3) is 0 Å². The fourth-order valence-corrected chi connectivity index (χ4v) is 2.41. The third kappa shape index (κ3) is 0.622. The van der Waals surface area contributed by atoms with E-state index in [0.29, 0.717) is 0 Å². The van der Waals surface area contributed by atoms with Crippen LogP contribution in [0.1, 0.15) is 20.3 Å². The molecule has 0 amide bonds. The summed E-state index contributed by atoms with van der Waals surface area (Å²) in [6.07, 6.45) is 8.46. The minimum absolute atomic E-state index is 0.810. The zero-order chi connectivity index (χ0) is 7.14. The fourth-order valence-electron chi connectivity index (χ4n) is 2.41. The fraction of sp³-hybridized carbons (Fsp3) is 0.600. The third-order valence-corrected chi connectivity index (χ3v) is 3.05. The predicted octanol–water partition coefficient (Wildman–Crippen LogP) is 2.77. The zero-order valence-electron chi connectivity index (χ0n) is 6.67. The summed E-state index contributed by atoms with van der Waals surface area (Å²) in [5, 5.41) is 0. The Labute approximate surface area is 62.6 Å². The molecule has 1 saturated carbocycles. The SMILES string of the molecule is C/C=C1\C2C=CC(C2)C1C. The van der Waals surface area contributed by atoms with Crippen LogP contribution >= 0.6 is 0 Å². The van der Waals surface area contributed by atoms with Crippen LogP contribution in [0, 0.1) is 17.8 Å². The molecule has 10 heavy (non-hydrogen) atoms. The summed E-state index contributed by atoms with van der Waals surface area (Å²) in [5.74, 6) is 2.51. The van der Waals surface area contributed by atoms with Crippen LogP contribution in [0.4, 0.5) is 0 Å². The molecule has 0 aromatic heterocycles. The normalized spacial score (nSPS) is 47.4. The van der Waals surface area contributed by atoms with Gasteiger partial charge in [-0.1, -0.05) is 30.7 Å². The Hall–Kier alpha value is -0.520. The average Bonchev–Trinajstić information content (AvgIpc) is 2.46. The lowest BCUT2D eigenvalue weighted by molar-refractivity contribution is 0.556. The van der Waals surface area contributed by atoms with Gasteiger partial charge in [0.2, 0.25) is 0 Å². The number of hydrogen-bond donors (Lipinski definition) is 0. The lowest BCUT2D eigenvalue weighted by Gasteiger charge is -2.15. The topological polar surface area (TPSA) is 0 Å². The number of hydrogen-bond acceptors (Lipinski definition) is 0. The molecule has 54 valence electrons. The Bertz CT molecular complexity index is 198. The van der Waals surface area contributed by atoms with Crippen LogP contribution in [0.3, 0.4) is 0 Å². The average molecular weight is 134 g/mol. The molecule has 2 rings (SSSR count). The van der Waals surface area contributed by atoms with Crippen molar-refractivity contribution < 1.29 is 0 Å². The Balaban J connectivity index is 2.34. The van der Waals surface area contributed by atoms with Crippen molar-refractivity contribution in [3.8, 4) is 0 Å². The molecule has 2 aliphatic rings. The standard InChI is InChI=1S/C10H14/c1-3-10-7(2)8-4-5-9(10)6-8/h3-5,7-9H,6H2,1-2H3/b10-3-. The Morgan fingerprint density at radius 2 is 2.30 bits per heavy atom. The second-order valence-corrected chi connectivity index (χ2v) is 3.47. The summed E-state index contributed by atoms with van der Waals surface area (Å²) in [6.45, 7) is 4.52. The first-order valence-electron chi connectivity index (χ1n) is 4.17. The molecule has 2 aliphatic carbocycles. The van der Waals surface area contributed by atoms with Gasteiger partial charge in [-0.05, 0) is 31.1 Å². The van der Waals surface area contributed by atoms with Gasteiger partial charge >= 0.3 is 0 Å². The first-order valence-corrected chi connectivity index (χ1v) is 4.17. The van der Waals surface area contributed by atoms with Crippen molar-refractivity contribution >= 4 is 0 Å². The van der Waals surface area contributed by atoms with Crippen LogP contribution in [-0.2, 0) is 0 Å². The van der Waals surface area contributed by atoms with Crippen molar-refractivity contribution in [2.24, 2.45) is 17.8 Å². The number of allylic oxidation sites excluding steroid dienone is 4. The summed E-state index contributed by atoms with van der Waals surface area (Å²) in [5.41, 5.74) is 1.67. The lowest BCUT2D eigenvalue weighted by atomic mass is 9.90. The molecule has 0 N–H and O–H groups in total. The maximum Gasteiger partial charge on any atom is -0.00146 e. The lowest BCUT2D eigenvalue weighted by Crippen LogP contribution is -2.04. The van der Waals surface area contributed by atoms with E-state index in [1.807, 2.05) is 0 Å². The van der Waals surface area contributed by atoms with Crippen molar-refractivity contribution in [3.63, 3.8) is 0 Å². The molecule has 0 aromatic rings. The number of fused-ring (bicyclic) bond motifs is 2. The molecular weight excluding hydrogens is 120 g/mol. The van der Waals surface area contributed by atoms with Gasteiger partial charge in [-0.2, -0.15) is 0 Å². The molecule has 0 radical (unpaired) electrons. The van der Waals surface area contributed by atoms with Crippen molar-refractivity contribution in [1.82, 2.24) is 0 Å². The molecule has 3 unspecified atom stereocenters. The second kappa shape index (κ2) is 1.98. The summed E-state index contributed by atoms with van der Waals surface area (Å²) in [6, 6.07) is 0. The Kier molecular flexibility index (Phi) is 1.23. The Morgan fingerprint density at radius 3 is 2.70 bits per heavy atom. The molecule has 2 bridgehead atoms. The third-order valence-electron chi connectivity index (χ3n) is 3.05. The van der Waals surface area contributed by atoms with Crippen molar-refractivity contribution in [1.29, 1.82) is 0 Å². The van der Waals surface area contributed by atoms with Gasteiger partial charge in [0, 0.05) is 0 Å². The van der Waals surface area contributed by atoms with Crippen LogP contribution in [0.2, 0.25) is 0 Å². The molecule has 0 heteroatoms. The van der Waals surface area contributed by atoms with Gasteiger partial charge in [-0.25, -0.2) is 0 Å². The highest BCUT2D eigenvalue weighted by atomic mass is 14.4. The van der Waals surface area contributed by atoms with Crippen LogP contribution in [0.25, 0.3) is 0 Å². The maximum atomic E-state index is 2.39. The molecule has 3 atom stereocenters. The molecule has 1 fully saturated rings. The van der Waals surface area contributed by atoms with E-state index in [4.69, 9.17) is 0 Å². The molecule has 0 aliphatic heterocycles. The van der Waals surface area contributed by atoms with Crippen molar-refractivity contribution in [2.45, 2.75) is 20.3 Å². The van der Waals surface area contributed by atoms with Crippen molar-refractivity contribution in [3.05, 3.63) is 23.8 Å². The van der Waals surface area contributed by atoms with Crippen LogP contribution in [0.5, 0.6) is 0 Å². The van der Waals surface area contributed by atoms with Crippen LogP contribution in [0.15, 0.2) is 23.8 Å². The number of rotatable bonds is 0. The van der Waals surface area contributed by atoms with Gasteiger partial charge in [0.1, 0.15) is 0 Å². The molecule has 0 saturated heterocycles. The van der Waals surface area contributed by atoms with Gasteiger partial charge in [-0.3, -0.25) is 0 Å². The molecular formula is C10H14. The van der Waals surface area contributed by atoms with Gasteiger partial charge in [0.05, 0.1) is 0 Å². The highest BCUT2D eigenvalue weighted by molar-refractivity contribution is 5.29. The second-order valence-electron chi connectivity index (χ2n) is 3.47. The maximum absolute atomic E-state index is 2.39. The quantitative estimate of drug-likeness (QED) is 0.447. The molecule has 0 aromatic carbocycles. The monoisotopic (exact) mass is 134 g/mol. The minimum atomic E-state index is 0.810. The van der Waals surface area contributed by atoms with E-state index >= 15 is 0 Å². The van der Waals surface area contributed by atoms with Gasteiger partial charge < -0.3 is 0 Å². The largest absolute Gasteiger partial charge is 0.0876 e. The summed E-state index contributed by atoms with van der Waals surface area (Å²) >= 11 is 0. The van der Waals surface area contributed by atoms with E-state index in [1.165, 1.54) is 6.42 Å². The summed E-state index contributed by atoms with van der Waals surface area (Å²) in [4.78, 5) is 0. The summed E-state index contributed by atoms with van der Waals surface area (Å²) in [7, 11) is 0. The zero-order valence-corrected chi connectivity index (χ0v) is 6.67. The van der Waals surface area contributed by atoms with Crippen LogP contribution in [-0.4, -0.2) is 0 Å². The van der Waals surface area contributed by atoms with E-state index in [0.717, 1.165) is 17.8 Å². The molecule has 0 nitrogen and oxygen atoms in total. The highest BCUT2D eigenvalue weighted by Crippen LogP contribution is 2.46.